The first kappa shape index (κ1) is 21.0. The van der Waals surface area contributed by atoms with Crippen LogP contribution in [0.1, 0.15) is 31.1 Å². The lowest BCUT2D eigenvalue weighted by Crippen LogP contribution is -2.47. The Hall–Kier alpha value is -3.35. The minimum absolute atomic E-state index is 0.141. The highest BCUT2D eigenvalue weighted by Gasteiger charge is 2.14. The zero-order valence-electron chi connectivity index (χ0n) is 16.2. The van der Waals surface area contributed by atoms with Crippen LogP contribution in [0.3, 0.4) is 0 Å². The summed E-state index contributed by atoms with van der Waals surface area (Å²) in [6, 6.07) is 15.9. The molecule has 28 heavy (non-hydrogen) atoms. The summed E-state index contributed by atoms with van der Waals surface area (Å²) in [5.74, 6) is 0.181. The quantitative estimate of drug-likeness (QED) is 0.683. The highest BCUT2D eigenvalue weighted by Crippen LogP contribution is 2.21. The van der Waals surface area contributed by atoms with Crippen molar-refractivity contribution in [2.75, 3.05) is 13.1 Å². The van der Waals surface area contributed by atoms with Crippen LogP contribution >= 0.6 is 0 Å². The molecule has 2 aromatic rings. The Morgan fingerprint density at radius 2 is 1.36 bits per heavy atom. The first-order valence-corrected chi connectivity index (χ1v) is 8.92. The van der Waals surface area contributed by atoms with Gasteiger partial charge in [0.1, 0.15) is 11.5 Å². The molecule has 0 heterocycles. The van der Waals surface area contributed by atoms with Gasteiger partial charge in [-0.2, -0.15) is 0 Å². The van der Waals surface area contributed by atoms with E-state index in [4.69, 9.17) is 4.74 Å². The van der Waals surface area contributed by atoms with Crippen LogP contribution in [0.15, 0.2) is 54.6 Å². The normalized spacial score (nSPS) is 10.7. The Balaban J connectivity index is 1.76. The van der Waals surface area contributed by atoms with Gasteiger partial charge in [0.15, 0.2) is 0 Å². The third kappa shape index (κ3) is 7.49. The second-order valence-electron chi connectivity index (χ2n) is 7.20. The van der Waals surface area contributed by atoms with Gasteiger partial charge in [-0.1, -0.05) is 18.2 Å². The molecule has 0 aromatic heterocycles. The molecule has 2 rings (SSSR count). The van der Waals surface area contributed by atoms with Crippen molar-refractivity contribution in [1.82, 2.24) is 16.0 Å². The second-order valence-corrected chi connectivity index (χ2v) is 7.20. The largest absolute Gasteiger partial charge is 0.457 e. The molecule has 0 aliphatic rings. The van der Waals surface area contributed by atoms with Crippen LogP contribution in [0.2, 0.25) is 0 Å². The van der Waals surface area contributed by atoms with Gasteiger partial charge in [0.25, 0.3) is 5.91 Å². The van der Waals surface area contributed by atoms with Crippen LogP contribution in [-0.2, 0) is 9.59 Å². The van der Waals surface area contributed by atoms with Crippen LogP contribution in [0.4, 0.5) is 0 Å². The predicted octanol–water partition coefficient (Wildman–Crippen LogP) is 2.24. The molecule has 3 amide bonds. The summed E-state index contributed by atoms with van der Waals surface area (Å²) < 4.78 is 5.67. The predicted molar refractivity (Wildman–Crippen MR) is 106 cm³/mol. The van der Waals surface area contributed by atoms with E-state index in [0.29, 0.717) is 17.1 Å². The lowest BCUT2D eigenvalue weighted by molar-refractivity contribution is -0.126. The van der Waals surface area contributed by atoms with E-state index in [9.17, 15) is 14.4 Å². The van der Waals surface area contributed by atoms with Crippen molar-refractivity contribution in [1.29, 1.82) is 0 Å². The van der Waals surface area contributed by atoms with Gasteiger partial charge in [-0.15, -0.1) is 0 Å². The lowest BCUT2D eigenvalue weighted by Gasteiger charge is -2.20. The number of hydrogen-bond acceptors (Lipinski definition) is 4. The van der Waals surface area contributed by atoms with E-state index in [1.165, 1.54) is 0 Å². The molecule has 0 atom stereocenters. The maximum absolute atomic E-state index is 12.1. The number of amides is 3. The highest BCUT2D eigenvalue weighted by molar-refractivity contribution is 5.97. The fourth-order valence-corrected chi connectivity index (χ4v) is 2.27. The van der Waals surface area contributed by atoms with Crippen LogP contribution in [-0.4, -0.2) is 36.3 Å². The van der Waals surface area contributed by atoms with Crippen LogP contribution in [0.5, 0.6) is 11.5 Å². The Labute approximate surface area is 164 Å². The van der Waals surface area contributed by atoms with E-state index in [1.54, 1.807) is 24.3 Å². The molecule has 2 aromatic carbocycles. The number of ether oxygens (including phenoxy) is 1. The zero-order chi connectivity index (χ0) is 20.6. The number of carbonyl (C=O) groups is 3. The average Bonchev–Trinajstić information content (AvgIpc) is 2.64. The Morgan fingerprint density at radius 1 is 0.786 bits per heavy atom. The third-order valence-corrected chi connectivity index (χ3v) is 3.47. The summed E-state index contributed by atoms with van der Waals surface area (Å²) in [5, 5.41) is 7.71. The number of para-hydroxylation sites is 1. The number of rotatable bonds is 7. The molecular weight excluding hydrogens is 358 g/mol. The first-order chi connectivity index (χ1) is 13.2. The zero-order valence-corrected chi connectivity index (χ0v) is 16.2. The third-order valence-electron chi connectivity index (χ3n) is 3.47. The minimum atomic E-state index is -0.443. The number of hydrogen-bond donors (Lipinski definition) is 3. The van der Waals surface area contributed by atoms with E-state index in [2.05, 4.69) is 16.0 Å². The highest BCUT2D eigenvalue weighted by atomic mass is 16.5. The van der Waals surface area contributed by atoms with Gasteiger partial charge < -0.3 is 20.7 Å². The fourth-order valence-electron chi connectivity index (χ4n) is 2.27. The van der Waals surface area contributed by atoms with Crippen molar-refractivity contribution in [2.45, 2.75) is 26.3 Å². The molecule has 0 unspecified atom stereocenters. The van der Waals surface area contributed by atoms with Gasteiger partial charge in [0.2, 0.25) is 11.8 Å². The number of carbonyl (C=O) groups excluding carboxylic acids is 3. The molecular formula is C21H25N3O4. The van der Waals surface area contributed by atoms with E-state index in [-0.39, 0.29) is 30.4 Å². The molecule has 0 aliphatic heterocycles. The minimum Gasteiger partial charge on any atom is -0.457 e. The van der Waals surface area contributed by atoms with Crippen LogP contribution in [0, 0.1) is 0 Å². The first-order valence-electron chi connectivity index (χ1n) is 8.92. The van der Waals surface area contributed by atoms with Gasteiger partial charge in [-0.05, 0) is 57.2 Å². The fraction of sp³-hybridized carbons (Fsp3) is 0.286. The number of benzene rings is 2. The summed E-state index contributed by atoms with van der Waals surface area (Å²) in [4.78, 5) is 35.6. The summed E-state index contributed by atoms with van der Waals surface area (Å²) >= 11 is 0. The monoisotopic (exact) mass is 383 g/mol. The van der Waals surface area contributed by atoms with Gasteiger partial charge in [-0.3, -0.25) is 14.4 Å². The molecule has 3 N–H and O–H groups in total. The van der Waals surface area contributed by atoms with Crippen LogP contribution < -0.4 is 20.7 Å². The standard InChI is InChI=1S/C21H25N3O4/c1-21(2,3)24-19(26)14-22-18(25)13-23-20(27)15-9-11-17(12-10-15)28-16-7-5-4-6-8-16/h4-12H,13-14H2,1-3H3,(H,22,25)(H,23,27)(H,24,26). The topological polar surface area (TPSA) is 96.5 Å². The van der Waals surface area contributed by atoms with Crippen molar-refractivity contribution in [2.24, 2.45) is 0 Å². The molecule has 0 saturated carbocycles. The van der Waals surface area contributed by atoms with Crippen molar-refractivity contribution in [3.05, 3.63) is 60.2 Å². The van der Waals surface area contributed by atoms with Crippen molar-refractivity contribution in [3.8, 4) is 11.5 Å². The maximum Gasteiger partial charge on any atom is 0.251 e. The van der Waals surface area contributed by atoms with Gasteiger partial charge in [0.05, 0.1) is 13.1 Å². The summed E-state index contributed by atoms with van der Waals surface area (Å²) in [6.45, 7) is 5.19. The smallest absolute Gasteiger partial charge is 0.251 e. The molecule has 148 valence electrons. The van der Waals surface area contributed by atoms with Crippen LogP contribution in [0.25, 0.3) is 0 Å². The molecule has 0 fully saturated rings. The Bertz CT molecular complexity index is 812. The second kappa shape index (κ2) is 9.55. The molecule has 0 saturated heterocycles. The number of nitrogens with one attached hydrogen (secondary N) is 3. The molecule has 7 nitrogen and oxygen atoms in total. The lowest BCUT2D eigenvalue weighted by atomic mass is 10.1. The summed E-state index contributed by atoms with van der Waals surface area (Å²) in [7, 11) is 0. The molecule has 0 bridgehead atoms. The van der Waals surface area contributed by atoms with Gasteiger partial charge in [-0.25, -0.2) is 0 Å². The van der Waals surface area contributed by atoms with E-state index in [1.807, 2.05) is 51.1 Å². The average molecular weight is 383 g/mol. The van der Waals surface area contributed by atoms with Crippen molar-refractivity contribution < 1.29 is 19.1 Å². The van der Waals surface area contributed by atoms with E-state index < -0.39 is 5.91 Å². The maximum atomic E-state index is 12.1. The van der Waals surface area contributed by atoms with E-state index in [0.717, 1.165) is 0 Å². The van der Waals surface area contributed by atoms with E-state index >= 15 is 0 Å². The molecule has 0 aliphatic carbocycles. The van der Waals surface area contributed by atoms with Crippen molar-refractivity contribution >= 4 is 17.7 Å². The SMILES string of the molecule is CC(C)(C)NC(=O)CNC(=O)CNC(=O)c1ccc(Oc2ccccc2)cc1. The summed E-state index contributed by atoms with van der Waals surface area (Å²) in [5.41, 5.74) is 0.0329. The Kier molecular flexibility index (Phi) is 7.14. The van der Waals surface area contributed by atoms with Crippen molar-refractivity contribution in [3.63, 3.8) is 0 Å². The molecule has 0 radical (unpaired) electrons. The summed E-state index contributed by atoms with van der Waals surface area (Å²) in [6.07, 6.45) is 0. The Morgan fingerprint density at radius 3 is 1.96 bits per heavy atom. The van der Waals surface area contributed by atoms with Gasteiger partial charge in [0, 0.05) is 11.1 Å². The molecule has 0 spiro atoms. The van der Waals surface area contributed by atoms with Gasteiger partial charge >= 0.3 is 0 Å². The molecule has 7 heteroatoms.